The van der Waals surface area contributed by atoms with Gasteiger partial charge in [-0.25, -0.2) is 0 Å². The highest BCUT2D eigenvalue weighted by Gasteiger charge is 2.17. The third-order valence-electron chi connectivity index (χ3n) is 3.20. The maximum absolute atomic E-state index is 9.51. The lowest BCUT2D eigenvalue weighted by Gasteiger charge is -2.29. The molecule has 18 heavy (non-hydrogen) atoms. The van der Waals surface area contributed by atoms with Crippen LogP contribution in [-0.2, 0) is 0 Å². The van der Waals surface area contributed by atoms with E-state index >= 15 is 0 Å². The summed E-state index contributed by atoms with van der Waals surface area (Å²) in [7, 11) is 4.19. The quantitative estimate of drug-likeness (QED) is 0.814. The van der Waals surface area contributed by atoms with Gasteiger partial charge in [-0.1, -0.05) is 26.0 Å². The van der Waals surface area contributed by atoms with E-state index in [2.05, 4.69) is 45.1 Å². The maximum Gasteiger partial charge on any atom is 0.115 e. The number of hydrogen-bond donors (Lipinski definition) is 2. The van der Waals surface area contributed by atoms with E-state index in [4.69, 9.17) is 0 Å². The van der Waals surface area contributed by atoms with Crippen LogP contribution in [0.25, 0.3) is 0 Å². The topological polar surface area (TPSA) is 35.5 Å². The molecule has 2 N–H and O–H groups in total. The van der Waals surface area contributed by atoms with E-state index < -0.39 is 0 Å². The van der Waals surface area contributed by atoms with Gasteiger partial charge in [0.25, 0.3) is 0 Å². The smallest absolute Gasteiger partial charge is 0.115 e. The minimum Gasteiger partial charge on any atom is -0.508 e. The molecule has 1 rings (SSSR count). The van der Waals surface area contributed by atoms with Gasteiger partial charge < -0.3 is 15.3 Å². The summed E-state index contributed by atoms with van der Waals surface area (Å²) in [5, 5.41) is 13.2. The Kier molecular flexibility index (Phi) is 5.63. The molecule has 0 aliphatic rings. The van der Waals surface area contributed by atoms with Crippen LogP contribution in [0.15, 0.2) is 24.3 Å². The monoisotopic (exact) mass is 250 g/mol. The Morgan fingerprint density at radius 2 is 1.89 bits per heavy atom. The highest BCUT2D eigenvalue weighted by atomic mass is 16.3. The molecule has 0 spiro atoms. The fraction of sp³-hybridized carbons (Fsp3) is 0.600. The van der Waals surface area contributed by atoms with Crippen molar-refractivity contribution >= 4 is 0 Å². The summed E-state index contributed by atoms with van der Waals surface area (Å²) in [5.41, 5.74) is 1.12. The number of nitrogens with one attached hydrogen (secondary N) is 1. The molecule has 0 heterocycles. The Morgan fingerprint density at radius 1 is 1.22 bits per heavy atom. The first-order valence-corrected chi connectivity index (χ1v) is 6.60. The van der Waals surface area contributed by atoms with Crippen molar-refractivity contribution in [1.29, 1.82) is 0 Å². The summed E-state index contributed by atoms with van der Waals surface area (Å²) in [6, 6.07) is 8.14. The SMILES string of the molecule is CC(NC(CN(C)C)C(C)C)c1cccc(O)c1. The molecule has 3 heteroatoms. The van der Waals surface area contributed by atoms with Gasteiger partial charge in [0.1, 0.15) is 5.75 Å². The van der Waals surface area contributed by atoms with Crippen molar-refractivity contribution in [3.63, 3.8) is 0 Å². The summed E-state index contributed by atoms with van der Waals surface area (Å²) in [5.74, 6) is 0.905. The van der Waals surface area contributed by atoms with Crippen LogP contribution in [0.3, 0.4) is 0 Å². The van der Waals surface area contributed by atoms with E-state index in [-0.39, 0.29) is 6.04 Å². The van der Waals surface area contributed by atoms with E-state index in [1.807, 2.05) is 18.2 Å². The van der Waals surface area contributed by atoms with Crippen LogP contribution < -0.4 is 5.32 Å². The number of benzene rings is 1. The van der Waals surface area contributed by atoms with Crippen molar-refractivity contribution < 1.29 is 5.11 Å². The van der Waals surface area contributed by atoms with Gasteiger partial charge in [-0.15, -0.1) is 0 Å². The van der Waals surface area contributed by atoms with Crippen LogP contribution in [0.4, 0.5) is 0 Å². The van der Waals surface area contributed by atoms with Crippen molar-refractivity contribution in [2.75, 3.05) is 20.6 Å². The molecule has 1 aromatic rings. The van der Waals surface area contributed by atoms with Crippen LogP contribution >= 0.6 is 0 Å². The number of rotatable bonds is 6. The normalized spacial score (nSPS) is 15.1. The minimum absolute atomic E-state index is 0.240. The van der Waals surface area contributed by atoms with Gasteiger partial charge in [0, 0.05) is 18.6 Å². The number of phenolic OH excluding ortho intramolecular Hbond substituents is 1. The summed E-state index contributed by atoms with van der Waals surface area (Å²) >= 11 is 0. The van der Waals surface area contributed by atoms with Crippen LogP contribution in [0.5, 0.6) is 5.75 Å². The van der Waals surface area contributed by atoms with E-state index in [0.29, 0.717) is 17.7 Å². The second-order valence-electron chi connectivity index (χ2n) is 5.60. The molecule has 0 radical (unpaired) electrons. The van der Waals surface area contributed by atoms with Gasteiger partial charge in [0.15, 0.2) is 0 Å². The van der Waals surface area contributed by atoms with Crippen LogP contribution in [0, 0.1) is 5.92 Å². The first-order chi connectivity index (χ1) is 8.40. The van der Waals surface area contributed by atoms with Crippen molar-refractivity contribution in [3.8, 4) is 5.75 Å². The predicted octanol–water partition coefficient (Wildman–Crippen LogP) is 2.63. The van der Waals surface area contributed by atoms with Gasteiger partial charge in [0.05, 0.1) is 0 Å². The molecular weight excluding hydrogens is 224 g/mol. The molecule has 102 valence electrons. The fourth-order valence-corrected chi connectivity index (χ4v) is 2.06. The lowest BCUT2D eigenvalue weighted by atomic mass is 10.0. The molecule has 2 unspecified atom stereocenters. The van der Waals surface area contributed by atoms with Crippen molar-refractivity contribution in [2.24, 2.45) is 5.92 Å². The lowest BCUT2D eigenvalue weighted by Crippen LogP contribution is -2.43. The molecule has 0 aliphatic carbocycles. The van der Waals surface area contributed by atoms with E-state index in [0.717, 1.165) is 12.1 Å². The number of phenols is 1. The average molecular weight is 250 g/mol. The van der Waals surface area contributed by atoms with Crippen LogP contribution in [-0.4, -0.2) is 36.7 Å². The average Bonchev–Trinajstić information content (AvgIpc) is 2.27. The van der Waals surface area contributed by atoms with Crippen molar-refractivity contribution in [3.05, 3.63) is 29.8 Å². The van der Waals surface area contributed by atoms with E-state index in [1.54, 1.807) is 6.07 Å². The molecule has 0 fully saturated rings. The summed E-state index contributed by atoms with van der Waals surface area (Å²) in [6.45, 7) is 7.62. The zero-order chi connectivity index (χ0) is 13.7. The Hall–Kier alpha value is -1.06. The summed E-state index contributed by atoms with van der Waals surface area (Å²) < 4.78 is 0. The molecule has 0 aliphatic heterocycles. The molecule has 1 aromatic carbocycles. The first-order valence-electron chi connectivity index (χ1n) is 6.60. The Morgan fingerprint density at radius 3 is 2.39 bits per heavy atom. The van der Waals surface area contributed by atoms with Gasteiger partial charge in [-0.3, -0.25) is 0 Å². The van der Waals surface area contributed by atoms with Crippen molar-refractivity contribution in [1.82, 2.24) is 10.2 Å². The number of aromatic hydroxyl groups is 1. The standard InChI is InChI=1S/C15H26N2O/c1-11(2)15(10-17(4)5)16-12(3)13-7-6-8-14(18)9-13/h6-9,11-12,15-16,18H,10H2,1-5H3. The number of nitrogens with zero attached hydrogens (tertiary/aromatic N) is 1. The van der Waals surface area contributed by atoms with Gasteiger partial charge in [-0.05, 0) is 44.6 Å². The third kappa shape index (κ3) is 4.67. The second-order valence-corrected chi connectivity index (χ2v) is 5.60. The molecule has 0 saturated carbocycles. The van der Waals surface area contributed by atoms with Crippen LogP contribution in [0.1, 0.15) is 32.4 Å². The minimum atomic E-state index is 0.240. The molecular formula is C15H26N2O. The number of hydrogen-bond acceptors (Lipinski definition) is 3. The summed E-state index contributed by atoms with van der Waals surface area (Å²) in [4.78, 5) is 2.20. The van der Waals surface area contributed by atoms with Crippen LogP contribution in [0.2, 0.25) is 0 Å². The van der Waals surface area contributed by atoms with E-state index in [9.17, 15) is 5.11 Å². The maximum atomic E-state index is 9.51. The molecule has 2 atom stereocenters. The first kappa shape index (κ1) is 15.0. The van der Waals surface area contributed by atoms with Gasteiger partial charge >= 0.3 is 0 Å². The lowest BCUT2D eigenvalue weighted by molar-refractivity contribution is 0.273. The Labute approximate surface area is 111 Å². The van der Waals surface area contributed by atoms with Crippen molar-refractivity contribution in [2.45, 2.75) is 32.9 Å². The zero-order valence-electron chi connectivity index (χ0n) is 12.1. The highest BCUT2D eigenvalue weighted by Crippen LogP contribution is 2.19. The van der Waals surface area contributed by atoms with Gasteiger partial charge in [0.2, 0.25) is 0 Å². The molecule has 0 amide bonds. The molecule has 0 bridgehead atoms. The van der Waals surface area contributed by atoms with Gasteiger partial charge in [-0.2, -0.15) is 0 Å². The Balaban J connectivity index is 2.69. The third-order valence-corrected chi connectivity index (χ3v) is 3.20. The summed E-state index contributed by atoms with van der Waals surface area (Å²) in [6.07, 6.45) is 0. The largest absolute Gasteiger partial charge is 0.508 e. The zero-order valence-corrected chi connectivity index (χ0v) is 12.1. The predicted molar refractivity (Wildman–Crippen MR) is 76.8 cm³/mol. The highest BCUT2D eigenvalue weighted by molar-refractivity contribution is 5.29. The fourth-order valence-electron chi connectivity index (χ4n) is 2.06. The Bertz CT molecular complexity index is 363. The molecule has 3 nitrogen and oxygen atoms in total. The molecule has 0 saturated heterocycles. The number of likely N-dealkylation sites (N-methyl/N-ethyl adjacent to an activating group) is 1. The molecule has 0 aromatic heterocycles. The van der Waals surface area contributed by atoms with E-state index in [1.165, 1.54) is 0 Å². The second kappa shape index (κ2) is 6.76.